The first-order valence-corrected chi connectivity index (χ1v) is 13.6. The van der Waals surface area contributed by atoms with Crippen LogP contribution in [0.5, 0.6) is 5.75 Å². The van der Waals surface area contributed by atoms with E-state index in [9.17, 15) is 0 Å². The molecule has 0 bridgehead atoms. The summed E-state index contributed by atoms with van der Waals surface area (Å²) in [6.45, 7) is 7.51. The van der Waals surface area contributed by atoms with Crippen molar-refractivity contribution in [2.24, 2.45) is 0 Å². The Morgan fingerprint density at radius 3 is 2.72 bits per heavy atom. The lowest BCUT2D eigenvalue weighted by atomic mass is 9.95. The molecule has 8 heteroatoms. The fourth-order valence-corrected chi connectivity index (χ4v) is 5.89. The van der Waals surface area contributed by atoms with Crippen molar-refractivity contribution in [2.45, 2.75) is 42.8 Å². The SMILES string of the molecule is C=CCn1c(SCc2cccc(Cl)c2)nnc1C1CCN(Cc2ccc3cccc(OC)c3n2)CC1. The number of halogens is 1. The molecule has 0 amide bonds. The number of fused-ring (bicyclic) bond motifs is 1. The van der Waals surface area contributed by atoms with Gasteiger partial charge in [-0.2, -0.15) is 0 Å². The zero-order chi connectivity index (χ0) is 24.9. The Bertz CT molecular complexity index is 1350. The highest BCUT2D eigenvalue weighted by atomic mass is 35.5. The van der Waals surface area contributed by atoms with E-state index in [1.54, 1.807) is 18.9 Å². The number of hydrogen-bond acceptors (Lipinski definition) is 6. The quantitative estimate of drug-likeness (QED) is 0.190. The van der Waals surface area contributed by atoms with E-state index in [1.165, 1.54) is 5.56 Å². The molecule has 0 aliphatic carbocycles. The van der Waals surface area contributed by atoms with Crippen LogP contribution in [-0.4, -0.2) is 44.8 Å². The van der Waals surface area contributed by atoms with Gasteiger partial charge >= 0.3 is 0 Å². The highest BCUT2D eigenvalue weighted by Gasteiger charge is 2.26. The normalized spacial score (nSPS) is 14.8. The number of benzene rings is 2. The average Bonchev–Trinajstić information content (AvgIpc) is 3.30. The lowest BCUT2D eigenvalue weighted by Gasteiger charge is -2.31. The molecule has 0 spiro atoms. The molecule has 5 rings (SSSR count). The van der Waals surface area contributed by atoms with Gasteiger partial charge in [-0.15, -0.1) is 16.8 Å². The minimum atomic E-state index is 0.388. The number of rotatable bonds is 9. The van der Waals surface area contributed by atoms with Gasteiger partial charge in [-0.25, -0.2) is 4.98 Å². The van der Waals surface area contributed by atoms with Gasteiger partial charge in [0.25, 0.3) is 0 Å². The van der Waals surface area contributed by atoms with E-state index in [1.807, 2.05) is 36.4 Å². The van der Waals surface area contributed by atoms with Crippen molar-refractivity contribution in [3.05, 3.63) is 89.4 Å². The van der Waals surface area contributed by atoms with Crippen molar-refractivity contribution >= 4 is 34.3 Å². The van der Waals surface area contributed by atoms with E-state index < -0.39 is 0 Å². The van der Waals surface area contributed by atoms with Crippen LogP contribution in [0.2, 0.25) is 5.02 Å². The molecule has 0 unspecified atom stereocenters. The Morgan fingerprint density at radius 2 is 1.94 bits per heavy atom. The fraction of sp³-hybridized carbons (Fsp3) is 0.321. The molecule has 0 atom stereocenters. The molecule has 0 radical (unpaired) electrons. The largest absolute Gasteiger partial charge is 0.494 e. The predicted octanol–water partition coefficient (Wildman–Crippen LogP) is 6.35. The zero-order valence-corrected chi connectivity index (χ0v) is 22.0. The Hall–Kier alpha value is -2.87. The summed E-state index contributed by atoms with van der Waals surface area (Å²) in [6, 6.07) is 18.3. The van der Waals surface area contributed by atoms with E-state index in [4.69, 9.17) is 21.3 Å². The highest BCUT2D eigenvalue weighted by molar-refractivity contribution is 7.98. The minimum Gasteiger partial charge on any atom is -0.494 e. The van der Waals surface area contributed by atoms with Gasteiger partial charge in [-0.1, -0.05) is 59.8 Å². The van der Waals surface area contributed by atoms with Gasteiger partial charge in [0, 0.05) is 35.2 Å². The summed E-state index contributed by atoms with van der Waals surface area (Å²) in [6.07, 6.45) is 4.02. The second-order valence-corrected chi connectivity index (χ2v) is 10.4. The Morgan fingerprint density at radius 1 is 1.11 bits per heavy atom. The predicted molar refractivity (Wildman–Crippen MR) is 147 cm³/mol. The number of methoxy groups -OCH3 is 1. The number of thioether (sulfide) groups is 1. The third kappa shape index (κ3) is 5.59. The van der Waals surface area contributed by atoms with Crippen molar-refractivity contribution in [1.82, 2.24) is 24.6 Å². The highest BCUT2D eigenvalue weighted by Crippen LogP contribution is 2.32. The third-order valence-corrected chi connectivity index (χ3v) is 7.89. The molecule has 0 saturated carbocycles. The van der Waals surface area contributed by atoms with Crippen molar-refractivity contribution in [1.29, 1.82) is 0 Å². The van der Waals surface area contributed by atoms with Gasteiger partial charge in [0.15, 0.2) is 5.16 Å². The van der Waals surface area contributed by atoms with E-state index in [0.29, 0.717) is 12.5 Å². The number of ether oxygens (including phenoxy) is 1. The van der Waals surface area contributed by atoms with Crippen LogP contribution in [0.3, 0.4) is 0 Å². The van der Waals surface area contributed by atoms with Crippen LogP contribution < -0.4 is 4.74 Å². The number of nitrogens with zero attached hydrogens (tertiary/aromatic N) is 5. The first kappa shape index (κ1) is 24.8. The van der Waals surface area contributed by atoms with Crippen molar-refractivity contribution in [2.75, 3.05) is 20.2 Å². The van der Waals surface area contributed by atoms with Crippen LogP contribution >= 0.6 is 23.4 Å². The molecule has 0 N–H and O–H groups in total. The standard InChI is InChI=1S/C28H30ClN5OS/c1-3-14-34-27(31-32-28(34)36-19-20-6-4-8-23(29)17-20)22-12-15-33(16-13-22)18-24-11-10-21-7-5-9-25(35-2)26(21)30-24/h3-11,17,22H,1,12-16,18-19H2,2H3. The number of pyridine rings is 1. The molecular weight excluding hydrogens is 490 g/mol. The van der Waals surface area contributed by atoms with Gasteiger partial charge in [-0.3, -0.25) is 4.90 Å². The maximum atomic E-state index is 6.15. The van der Waals surface area contributed by atoms with Crippen LogP contribution in [0.25, 0.3) is 10.9 Å². The summed E-state index contributed by atoms with van der Waals surface area (Å²) < 4.78 is 7.73. The first-order chi connectivity index (χ1) is 17.6. The van der Waals surface area contributed by atoms with Crippen molar-refractivity contribution < 1.29 is 4.74 Å². The van der Waals surface area contributed by atoms with Gasteiger partial charge in [0.1, 0.15) is 17.1 Å². The van der Waals surface area contributed by atoms with E-state index in [0.717, 1.165) is 76.6 Å². The Labute approximate surface area is 221 Å². The molecule has 1 saturated heterocycles. The van der Waals surface area contributed by atoms with E-state index in [2.05, 4.69) is 50.5 Å². The van der Waals surface area contributed by atoms with E-state index in [-0.39, 0.29) is 0 Å². The molecular formula is C28H30ClN5OS. The maximum absolute atomic E-state index is 6.15. The van der Waals surface area contributed by atoms with Gasteiger partial charge in [-0.05, 0) is 55.8 Å². The van der Waals surface area contributed by atoms with Crippen molar-refractivity contribution in [3.63, 3.8) is 0 Å². The number of hydrogen-bond donors (Lipinski definition) is 0. The molecule has 2 aromatic carbocycles. The Balaban J connectivity index is 1.23. The smallest absolute Gasteiger partial charge is 0.191 e. The van der Waals surface area contributed by atoms with Gasteiger partial charge < -0.3 is 9.30 Å². The molecule has 2 aromatic heterocycles. The molecule has 4 aromatic rings. The lowest BCUT2D eigenvalue weighted by molar-refractivity contribution is 0.198. The number of piperidine rings is 1. The van der Waals surface area contributed by atoms with Crippen LogP contribution in [0.1, 0.15) is 35.8 Å². The number of allylic oxidation sites excluding steroid dienone is 1. The Kier molecular flexibility index (Phi) is 7.90. The molecule has 6 nitrogen and oxygen atoms in total. The van der Waals surface area contributed by atoms with E-state index >= 15 is 0 Å². The molecule has 1 fully saturated rings. The van der Waals surface area contributed by atoms with Crippen LogP contribution in [0, 0.1) is 0 Å². The maximum Gasteiger partial charge on any atom is 0.191 e. The summed E-state index contributed by atoms with van der Waals surface area (Å²) in [5.74, 6) is 3.08. The summed E-state index contributed by atoms with van der Waals surface area (Å²) in [4.78, 5) is 7.37. The monoisotopic (exact) mass is 519 g/mol. The molecule has 1 aliphatic rings. The van der Waals surface area contributed by atoms with Gasteiger partial charge in [0.2, 0.25) is 0 Å². The fourth-order valence-electron chi connectivity index (χ4n) is 4.78. The molecule has 36 heavy (non-hydrogen) atoms. The third-order valence-electron chi connectivity index (χ3n) is 6.61. The summed E-state index contributed by atoms with van der Waals surface area (Å²) >= 11 is 7.84. The number of likely N-dealkylation sites (tertiary alicyclic amines) is 1. The minimum absolute atomic E-state index is 0.388. The van der Waals surface area contributed by atoms with Crippen LogP contribution in [0.15, 0.2) is 72.4 Å². The molecule has 3 heterocycles. The summed E-state index contributed by atoms with van der Waals surface area (Å²) in [5.41, 5.74) is 3.17. The lowest BCUT2D eigenvalue weighted by Crippen LogP contribution is -2.33. The first-order valence-electron chi connectivity index (χ1n) is 12.2. The number of aromatic nitrogens is 4. The summed E-state index contributed by atoms with van der Waals surface area (Å²) in [5, 5.41) is 12.0. The van der Waals surface area contributed by atoms with Gasteiger partial charge in [0.05, 0.1) is 12.8 Å². The second kappa shape index (κ2) is 11.5. The van der Waals surface area contributed by atoms with Crippen LogP contribution in [0.4, 0.5) is 0 Å². The topological polar surface area (TPSA) is 56.1 Å². The van der Waals surface area contributed by atoms with Crippen LogP contribution in [-0.2, 0) is 18.8 Å². The second-order valence-electron chi connectivity index (χ2n) is 9.04. The number of para-hydroxylation sites is 1. The average molecular weight is 520 g/mol. The summed E-state index contributed by atoms with van der Waals surface area (Å²) in [7, 11) is 1.69. The zero-order valence-electron chi connectivity index (χ0n) is 20.4. The molecule has 186 valence electrons. The van der Waals surface area contributed by atoms with Crippen molar-refractivity contribution in [3.8, 4) is 5.75 Å². The molecule has 1 aliphatic heterocycles.